The minimum atomic E-state index is -0.480. The molecule has 0 atom stereocenters. The Labute approximate surface area is 207 Å². The van der Waals surface area contributed by atoms with Crippen molar-refractivity contribution in [2.75, 3.05) is 0 Å². The van der Waals surface area contributed by atoms with Gasteiger partial charge in [0.1, 0.15) is 5.82 Å². The van der Waals surface area contributed by atoms with E-state index in [4.69, 9.17) is 16.9 Å². The number of rotatable bonds is 9. The summed E-state index contributed by atoms with van der Waals surface area (Å²) in [5.41, 5.74) is 7.87. The van der Waals surface area contributed by atoms with Gasteiger partial charge in [0, 0.05) is 30.8 Å². The van der Waals surface area contributed by atoms with Gasteiger partial charge in [-0.25, -0.2) is 4.39 Å². The monoisotopic (exact) mass is 475 g/mol. The Kier molecular flexibility index (Phi) is 10.2. The molecule has 0 unspecified atom stereocenters. The summed E-state index contributed by atoms with van der Waals surface area (Å²) in [4.78, 5) is 9.21. The summed E-state index contributed by atoms with van der Waals surface area (Å²) < 4.78 is 14.6. The first-order chi connectivity index (χ1) is 16.2. The average Bonchev–Trinajstić information content (AvgIpc) is 2.80. The van der Waals surface area contributed by atoms with Crippen LogP contribution in [0.5, 0.6) is 0 Å². The third-order valence-corrected chi connectivity index (χ3v) is 5.83. The molecule has 0 saturated heterocycles. The Morgan fingerprint density at radius 1 is 1.15 bits per heavy atom. The number of nitrogens with zero attached hydrogens (tertiary/aromatic N) is 3. The smallest absolute Gasteiger partial charge is 0.145 e. The van der Waals surface area contributed by atoms with Gasteiger partial charge in [0.2, 0.25) is 0 Å². The summed E-state index contributed by atoms with van der Waals surface area (Å²) in [5, 5.41) is 8.79. The highest BCUT2D eigenvalue weighted by atomic mass is 35.5. The molecule has 5 heteroatoms. The van der Waals surface area contributed by atoms with Crippen LogP contribution in [0.4, 0.5) is 4.39 Å². The standard InChI is InChI=1S/C29H31ClFN3/c1-7-15-33-27(17-23-10-12-25(19(2)3)20(4)16-23)22(6)34-18-21(5)26-13-11-24(9-8-14-32)29(31)28(26)30/h7,10-13,15-16,18H,2,8-9,17H2,1,3-6H3/b15-7-,21-18+,33-27-,34-22+. The summed E-state index contributed by atoms with van der Waals surface area (Å²) in [6.45, 7) is 13.8. The quantitative estimate of drug-likeness (QED) is 0.336. The molecule has 0 bridgehead atoms. The van der Waals surface area contributed by atoms with E-state index in [1.807, 2.05) is 39.8 Å². The van der Waals surface area contributed by atoms with Gasteiger partial charge in [0.25, 0.3) is 0 Å². The maximum Gasteiger partial charge on any atom is 0.145 e. The van der Waals surface area contributed by atoms with Crippen molar-refractivity contribution in [2.24, 2.45) is 9.98 Å². The van der Waals surface area contributed by atoms with E-state index < -0.39 is 5.82 Å². The minimum absolute atomic E-state index is 0.0490. The summed E-state index contributed by atoms with van der Waals surface area (Å²) in [6, 6.07) is 11.8. The number of hydrogen-bond acceptors (Lipinski definition) is 3. The molecular weight excluding hydrogens is 445 g/mol. The van der Waals surface area contributed by atoms with Crippen molar-refractivity contribution in [3.8, 4) is 6.07 Å². The molecule has 0 radical (unpaired) electrons. The molecule has 0 N–H and O–H groups in total. The number of benzene rings is 2. The Morgan fingerprint density at radius 3 is 2.47 bits per heavy atom. The molecule has 0 heterocycles. The molecule has 0 spiro atoms. The van der Waals surface area contributed by atoms with Gasteiger partial charge < -0.3 is 0 Å². The van der Waals surface area contributed by atoms with Crippen molar-refractivity contribution in [3.05, 3.63) is 94.0 Å². The lowest BCUT2D eigenvalue weighted by molar-refractivity contribution is 0.610. The van der Waals surface area contributed by atoms with E-state index >= 15 is 0 Å². The van der Waals surface area contributed by atoms with Crippen LogP contribution in [-0.2, 0) is 12.8 Å². The van der Waals surface area contributed by atoms with E-state index in [0.29, 0.717) is 24.0 Å². The average molecular weight is 476 g/mol. The van der Waals surface area contributed by atoms with E-state index in [1.54, 1.807) is 24.5 Å². The normalized spacial score (nSPS) is 12.8. The molecule has 3 nitrogen and oxygen atoms in total. The molecule has 0 aliphatic heterocycles. The second-order valence-corrected chi connectivity index (χ2v) is 8.63. The van der Waals surface area contributed by atoms with Crippen LogP contribution in [-0.4, -0.2) is 11.4 Å². The number of hydrogen-bond donors (Lipinski definition) is 0. The third kappa shape index (κ3) is 7.10. The molecule has 176 valence electrons. The summed E-state index contributed by atoms with van der Waals surface area (Å²) >= 11 is 6.29. The highest BCUT2D eigenvalue weighted by Gasteiger charge is 2.13. The van der Waals surface area contributed by atoms with E-state index in [2.05, 4.69) is 41.7 Å². The van der Waals surface area contributed by atoms with Crippen LogP contribution >= 0.6 is 11.6 Å². The highest BCUT2D eigenvalue weighted by molar-refractivity contribution is 6.42. The zero-order valence-electron chi connectivity index (χ0n) is 20.5. The molecule has 34 heavy (non-hydrogen) atoms. The lowest BCUT2D eigenvalue weighted by atomic mass is 9.97. The van der Waals surface area contributed by atoms with Crippen molar-refractivity contribution in [2.45, 2.75) is 53.9 Å². The molecule has 2 rings (SSSR count). The molecule has 2 aromatic carbocycles. The van der Waals surface area contributed by atoms with E-state index in [1.165, 1.54) is 5.56 Å². The van der Waals surface area contributed by atoms with Gasteiger partial charge in [0.05, 0.1) is 22.5 Å². The molecule has 0 aliphatic rings. The predicted molar refractivity (Wildman–Crippen MR) is 144 cm³/mol. The van der Waals surface area contributed by atoms with Crippen molar-refractivity contribution in [3.63, 3.8) is 0 Å². The van der Waals surface area contributed by atoms with Crippen LogP contribution in [0.2, 0.25) is 5.02 Å². The number of halogens is 2. The van der Waals surface area contributed by atoms with Crippen LogP contribution in [0, 0.1) is 24.1 Å². The predicted octanol–water partition coefficient (Wildman–Crippen LogP) is 8.32. The van der Waals surface area contributed by atoms with E-state index in [0.717, 1.165) is 33.7 Å². The van der Waals surface area contributed by atoms with Gasteiger partial charge >= 0.3 is 0 Å². The second kappa shape index (κ2) is 12.8. The Balaban J connectivity index is 2.33. The van der Waals surface area contributed by atoms with Crippen molar-refractivity contribution in [1.29, 1.82) is 5.26 Å². The fourth-order valence-corrected chi connectivity index (χ4v) is 3.89. The van der Waals surface area contributed by atoms with Crippen LogP contribution in [0.1, 0.15) is 61.9 Å². The van der Waals surface area contributed by atoms with Crippen LogP contribution < -0.4 is 0 Å². The number of nitriles is 1. The minimum Gasteiger partial charge on any atom is -0.259 e. The molecule has 0 saturated carbocycles. The molecule has 0 aromatic heterocycles. The molecule has 0 fully saturated rings. The van der Waals surface area contributed by atoms with Gasteiger partial charge in [-0.15, -0.1) is 0 Å². The van der Waals surface area contributed by atoms with Gasteiger partial charge in [-0.1, -0.05) is 60.2 Å². The summed E-state index contributed by atoms with van der Waals surface area (Å²) in [6.07, 6.45) is 6.53. The number of allylic oxidation sites excluding steroid dienone is 3. The van der Waals surface area contributed by atoms with Gasteiger partial charge in [-0.05, 0) is 68.9 Å². The summed E-state index contributed by atoms with van der Waals surface area (Å²) in [7, 11) is 0. The molecule has 2 aromatic rings. The van der Waals surface area contributed by atoms with Crippen molar-refractivity contribution >= 4 is 34.2 Å². The van der Waals surface area contributed by atoms with E-state index in [9.17, 15) is 4.39 Å². The lowest BCUT2D eigenvalue weighted by Gasteiger charge is -2.10. The van der Waals surface area contributed by atoms with Gasteiger partial charge in [0.15, 0.2) is 0 Å². The lowest BCUT2D eigenvalue weighted by Crippen LogP contribution is -2.13. The Bertz CT molecular complexity index is 1230. The highest BCUT2D eigenvalue weighted by Crippen LogP contribution is 2.29. The largest absolute Gasteiger partial charge is 0.259 e. The third-order valence-electron chi connectivity index (χ3n) is 5.46. The van der Waals surface area contributed by atoms with Crippen LogP contribution in [0.15, 0.2) is 65.4 Å². The maximum absolute atomic E-state index is 14.6. The zero-order valence-corrected chi connectivity index (χ0v) is 21.3. The van der Waals surface area contributed by atoms with Gasteiger partial charge in [-0.2, -0.15) is 5.26 Å². The number of aliphatic imine (C=N–C) groups is 2. The topological polar surface area (TPSA) is 48.5 Å². The SMILES string of the molecule is C=C(C)c1ccc(CC(=N/C=C\C)/C(C)=N/C=C(\C)c2ccc(CCC#N)c(F)c2Cl)cc1C. The second-order valence-electron chi connectivity index (χ2n) is 8.25. The van der Waals surface area contributed by atoms with Gasteiger partial charge in [-0.3, -0.25) is 9.98 Å². The maximum atomic E-state index is 14.6. The van der Waals surface area contributed by atoms with Crippen molar-refractivity contribution < 1.29 is 4.39 Å². The Hall–Kier alpha value is -3.29. The van der Waals surface area contributed by atoms with E-state index in [-0.39, 0.29) is 11.4 Å². The first-order valence-corrected chi connectivity index (χ1v) is 11.6. The molecule has 0 aliphatic carbocycles. The fourth-order valence-electron chi connectivity index (χ4n) is 3.55. The summed E-state index contributed by atoms with van der Waals surface area (Å²) in [5.74, 6) is -0.480. The molecular formula is C29H31ClFN3. The first kappa shape index (κ1) is 27.0. The van der Waals surface area contributed by atoms with Crippen molar-refractivity contribution in [1.82, 2.24) is 0 Å². The first-order valence-electron chi connectivity index (χ1n) is 11.2. The Morgan fingerprint density at radius 2 is 1.85 bits per heavy atom. The van der Waals surface area contributed by atoms with Crippen LogP contribution in [0.25, 0.3) is 11.1 Å². The zero-order chi connectivity index (χ0) is 25.3. The molecule has 0 amide bonds. The fraction of sp³-hybridized carbons (Fsp3) is 0.276. The van der Waals surface area contributed by atoms with Crippen LogP contribution in [0.3, 0.4) is 0 Å². The number of aryl methyl sites for hydroxylation is 2.